The summed E-state index contributed by atoms with van der Waals surface area (Å²) >= 11 is 0. The zero-order chi connectivity index (χ0) is 17.2. The van der Waals surface area contributed by atoms with E-state index in [4.69, 9.17) is 9.66 Å². The van der Waals surface area contributed by atoms with E-state index in [0.29, 0.717) is 6.26 Å². The van der Waals surface area contributed by atoms with E-state index in [2.05, 4.69) is 24.2 Å². The zero-order valence-corrected chi connectivity index (χ0v) is 11.6. The number of rotatable bonds is 1. The molecule has 0 aromatic carbocycles. The van der Waals surface area contributed by atoms with Gasteiger partial charge in [-0.25, -0.2) is 4.79 Å². The molecule has 13 heteroatoms. The minimum atomic E-state index is -3.67. The van der Waals surface area contributed by atoms with Gasteiger partial charge in [-0.15, -0.1) is 0 Å². The summed E-state index contributed by atoms with van der Waals surface area (Å²) in [6, 6.07) is 2.69. The van der Waals surface area contributed by atoms with Crippen molar-refractivity contribution >= 4 is 28.6 Å². The maximum Gasteiger partial charge on any atom is 0.560 e. The van der Waals surface area contributed by atoms with Crippen molar-refractivity contribution < 1.29 is 51.7 Å². The molecule has 22 heavy (non-hydrogen) atoms. The first-order valence-electron chi connectivity index (χ1n) is 4.91. The number of pyridine rings is 1. The molecule has 0 aliphatic heterocycles. The largest absolute Gasteiger partial charge is 0.560 e. The van der Waals surface area contributed by atoms with Crippen LogP contribution < -0.4 is 4.74 Å². The van der Waals surface area contributed by atoms with Gasteiger partial charge in [-0.1, -0.05) is 0 Å². The second-order valence-electron chi connectivity index (χ2n) is 3.05. The van der Waals surface area contributed by atoms with Crippen molar-refractivity contribution in [2.24, 2.45) is 0 Å². The molecule has 0 atom stereocenters. The lowest BCUT2D eigenvalue weighted by Crippen LogP contribution is -2.17. The van der Waals surface area contributed by atoms with Crippen molar-refractivity contribution in [2.45, 2.75) is 0 Å². The van der Waals surface area contributed by atoms with Crippen LogP contribution in [0.5, 0.6) is 5.75 Å². The molecule has 0 bridgehead atoms. The van der Waals surface area contributed by atoms with E-state index < -0.39 is 28.6 Å². The topological polar surface area (TPSA) is 176 Å². The van der Waals surface area contributed by atoms with E-state index in [1.807, 2.05) is 0 Å². The summed E-state index contributed by atoms with van der Waals surface area (Å²) in [5.74, 6) is 0.0974. The Kier molecular flexibility index (Phi) is 7.88. The Balaban J connectivity index is 0.000000763. The predicted molar refractivity (Wildman–Crippen MR) is 64.4 cm³/mol. The fourth-order valence-corrected chi connectivity index (χ4v) is 0.676. The first-order valence-corrected chi connectivity index (χ1v) is 6.76. The molecule has 0 fully saturated rings. The van der Waals surface area contributed by atoms with Crippen LogP contribution in [-0.4, -0.2) is 47.8 Å². The molecule has 0 amide bonds. The number of carboxylic acid groups (broad SMARTS) is 1. The van der Waals surface area contributed by atoms with Crippen molar-refractivity contribution in [2.75, 3.05) is 6.26 Å². The average Bonchev–Trinajstić information content (AvgIpc) is 2.35. The van der Waals surface area contributed by atoms with E-state index in [0.717, 1.165) is 0 Å². The number of carbonyl (C=O) groups is 3. The summed E-state index contributed by atoms with van der Waals surface area (Å²) < 4.78 is 33.8. The predicted octanol–water partition coefficient (Wildman–Crippen LogP) is 0.847. The highest BCUT2D eigenvalue weighted by Gasteiger charge is 2.15. The summed E-state index contributed by atoms with van der Waals surface area (Å²) in [6.45, 7) is 0. The summed E-state index contributed by atoms with van der Waals surface area (Å²) in [5.41, 5.74) is 0. The van der Waals surface area contributed by atoms with Crippen molar-refractivity contribution in [3.8, 4) is 5.75 Å². The molecule has 0 saturated heterocycles. The van der Waals surface area contributed by atoms with Gasteiger partial charge in [0.2, 0.25) is 0 Å². The Labute approximate surface area is 122 Å². The first-order chi connectivity index (χ1) is 10.1. The third-order valence-electron chi connectivity index (χ3n) is 1.20. The van der Waals surface area contributed by atoms with Gasteiger partial charge < -0.3 is 14.6 Å². The van der Waals surface area contributed by atoms with Gasteiger partial charge in [0.05, 0.1) is 6.26 Å². The number of aromatic nitrogens is 1. The molecule has 12 nitrogen and oxygen atoms in total. The Morgan fingerprint density at radius 2 is 1.55 bits per heavy atom. The van der Waals surface area contributed by atoms with E-state index in [9.17, 15) is 22.8 Å². The van der Waals surface area contributed by atoms with Gasteiger partial charge in [0.1, 0.15) is 5.75 Å². The summed E-state index contributed by atoms with van der Waals surface area (Å²) in [7, 11) is -3.67. The monoisotopic (exact) mass is 339 g/mol. The maximum absolute atomic E-state index is 10.9. The maximum atomic E-state index is 10.9. The van der Waals surface area contributed by atoms with Gasteiger partial charge >= 0.3 is 18.5 Å². The van der Waals surface area contributed by atoms with Gasteiger partial charge in [-0.05, 0) is 12.1 Å². The second kappa shape index (κ2) is 9.09. The molecule has 0 spiro atoms. The third kappa shape index (κ3) is 13.5. The number of ether oxygens (including phenoxy) is 2. The molecular weight excluding hydrogens is 330 g/mol. The molecule has 0 saturated carbocycles. The molecular formula is C9H9NO11S. The Morgan fingerprint density at radius 1 is 1.09 bits per heavy atom. The Hall–Kier alpha value is -2.93. The number of nitrogens with zero attached hydrogens (tertiary/aromatic N) is 1. The average molecular weight is 339 g/mol. The van der Waals surface area contributed by atoms with Gasteiger partial charge in [-0.3, -0.25) is 9.54 Å². The lowest BCUT2D eigenvalue weighted by atomic mass is 10.5. The van der Waals surface area contributed by atoms with Crippen LogP contribution in [0.25, 0.3) is 0 Å². The lowest BCUT2D eigenvalue weighted by Gasteiger charge is -2.02. The van der Waals surface area contributed by atoms with Gasteiger partial charge in [0.15, 0.2) is 0 Å². The molecule has 0 aliphatic carbocycles. The van der Waals surface area contributed by atoms with Crippen LogP contribution in [0.15, 0.2) is 24.5 Å². The quantitative estimate of drug-likeness (QED) is 0.243. The lowest BCUT2D eigenvalue weighted by molar-refractivity contribution is -0.206. The molecule has 0 radical (unpaired) electrons. The van der Waals surface area contributed by atoms with Crippen LogP contribution >= 0.6 is 0 Å². The van der Waals surface area contributed by atoms with Crippen LogP contribution in [-0.2, 0) is 24.6 Å². The second-order valence-corrected chi connectivity index (χ2v) is 4.52. The molecule has 1 aromatic rings. The van der Waals surface area contributed by atoms with Crippen molar-refractivity contribution in [1.82, 2.24) is 4.98 Å². The highest BCUT2D eigenvalue weighted by atomic mass is 32.2. The normalized spacial score (nSPS) is 9.55. The molecule has 0 aliphatic rings. The van der Waals surface area contributed by atoms with E-state index in [1.54, 1.807) is 0 Å². The van der Waals surface area contributed by atoms with E-state index >= 15 is 0 Å². The molecule has 122 valence electrons. The molecule has 0 unspecified atom stereocenters. The van der Waals surface area contributed by atoms with Crippen molar-refractivity contribution in [3.05, 3.63) is 24.5 Å². The van der Waals surface area contributed by atoms with E-state index in [-0.39, 0.29) is 5.75 Å². The fourth-order valence-electron chi connectivity index (χ4n) is 0.676. The van der Waals surface area contributed by atoms with E-state index in [1.165, 1.54) is 24.5 Å². The fraction of sp³-hybridized carbons (Fsp3) is 0.111. The van der Waals surface area contributed by atoms with Crippen LogP contribution in [0.2, 0.25) is 0 Å². The van der Waals surface area contributed by atoms with Crippen LogP contribution in [0, 0.1) is 0 Å². The Morgan fingerprint density at radius 3 is 2.00 bits per heavy atom. The van der Waals surface area contributed by atoms with Crippen molar-refractivity contribution in [3.63, 3.8) is 0 Å². The summed E-state index contributed by atoms with van der Waals surface area (Å²) in [4.78, 5) is 42.2. The highest BCUT2D eigenvalue weighted by molar-refractivity contribution is 7.85. The smallest absolute Gasteiger partial charge is 0.449 e. The van der Waals surface area contributed by atoms with Crippen LogP contribution in [0.4, 0.5) is 14.4 Å². The SMILES string of the molecule is CS(=O)(=O)O.O=C(O)OC(=O)OOC(=O)Oc1ccncc1. The number of hydrogen-bond acceptors (Lipinski definition) is 10. The van der Waals surface area contributed by atoms with Gasteiger partial charge in [0.25, 0.3) is 10.1 Å². The van der Waals surface area contributed by atoms with Crippen molar-refractivity contribution in [1.29, 1.82) is 0 Å². The van der Waals surface area contributed by atoms with Crippen LogP contribution in [0.1, 0.15) is 0 Å². The molecule has 2 N–H and O–H groups in total. The minimum absolute atomic E-state index is 0.0974. The zero-order valence-electron chi connectivity index (χ0n) is 10.7. The first kappa shape index (κ1) is 19.1. The summed E-state index contributed by atoms with van der Waals surface area (Å²) in [5, 5.41) is 7.98. The van der Waals surface area contributed by atoms with Gasteiger partial charge in [-0.2, -0.15) is 27.8 Å². The number of hydrogen-bond donors (Lipinski definition) is 2. The Bertz CT molecular complexity index is 604. The molecule has 1 rings (SSSR count). The number of carbonyl (C=O) groups excluding carboxylic acids is 2. The standard InChI is InChI=1S/C8H5NO8.CH4O3S/c10-6(11)15-8(13)17-16-7(12)14-5-1-3-9-4-2-5;1-5(2,3)4/h1-4H,(H,10,11);1H3,(H,2,3,4). The minimum Gasteiger partial charge on any atom is -0.449 e. The van der Waals surface area contributed by atoms with Gasteiger partial charge in [0, 0.05) is 12.4 Å². The third-order valence-corrected chi connectivity index (χ3v) is 1.20. The highest BCUT2D eigenvalue weighted by Crippen LogP contribution is 2.07. The molecule has 1 heterocycles. The van der Waals surface area contributed by atoms with Crippen LogP contribution in [0.3, 0.4) is 0 Å². The molecule has 1 aromatic heterocycles. The summed E-state index contributed by atoms with van der Waals surface area (Å²) in [6.07, 6.45) is -1.58.